The summed E-state index contributed by atoms with van der Waals surface area (Å²) in [5, 5.41) is 0. The zero-order valence-electron chi connectivity index (χ0n) is 21.5. The number of carbonyl (C=O) groups is 1. The molecular weight excluding hydrogens is 456 g/mol. The van der Waals surface area contributed by atoms with Crippen molar-refractivity contribution in [1.82, 2.24) is 0 Å². The molecule has 0 spiro atoms. The predicted molar refractivity (Wildman–Crippen MR) is 139 cm³/mol. The van der Waals surface area contributed by atoms with E-state index >= 15 is 0 Å². The summed E-state index contributed by atoms with van der Waals surface area (Å²) >= 11 is 0. The van der Waals surface area contributed by atoms with Crippen molar-refractivity contribution in [3.8, 4) is 28.4 Å². The molecule has 0 heterocycles. The van der Waals surface area contributed by atoms with E-state index in [1.54, 1.807) is 21.1 Å². The van der Waals surface area contributed by atoms with Gasteiger partial charge in [0.1, 0.15) is 17.2 Å². The van der Waals surface area contributed by atoms with Crippen LogP contribution in [0, 0.1) is 6.92 Å². The molecule has 0 bridgehead atoms. The van der Waals surface area contributed by atoms with Gasteiger partial charge in [-0.1, -0.05) is 30.3 Å². The van der Waals surface area contributed by atoms with Gasteiger partial charge >= 0.3 is 5.97 Å². The van der Waals surface area contributed by atoms with E-state index in [0.717, 1.165) is 46.6 Å². The summed E-state index contributed by atoms with van der Waals surface area (Å²) in [6.07, 6.45) is 2.15. The van der Waals surface area contributed by atoms with Crippen molar-refractivity contribution in [1.29, 1.82) is 0 Å². The Morgan fingerprint density at radius 1 is 0.944 bits per heavy atom. The second-order valence-electron chi connectivity index (χ2n) is 8.84. The molecule has 0 unspecified atom stereocenters. The second-order valence-corrected chi connectivity index (χ2v) is 8.84. The molecule has 190 valence electrons. The Morgan fingerprint density at radius 3 is 2.22 bits per heavy atom. The molecule has 0 saturated heterocycles. The van der Waals surface area contributed by atoms with Crippen LogP contribution in [0.25, 0.3) is 11.1 Å². The standard InChI is InChI=1S/C30H34O6/c1-5-34-30(31)12-13-35-25-10-11-27(23-17-28(32-3)20(2)29(18-23)33-4)24(16-25)19-36-26-14-21-8-6-7-9-22(21)15-26/h6-11,16-18,26H,5,12-15,19H2,1-4H3. The van der Waals surface area contributed by atoms with Crippen LogP contribution in [0.5, 0.6) is 17.2 Å². The van der Waals surface area contributed by atoms with Crippen LogP contribution in [0.4, 0.5) is 0 Å². The maximum absolute atomic E-state index is 11.7. The van der Waals surface area contributed by atoms with E-state index in [2.05, 4.69) is 24.3 Å². The molecular formula is C30H34O6. The Balaban J connectivity index is 1.57. The third-order valence-corrected chi connectivity index (χ3v) is 6.51. The molecule has 0 saturated carbocycles. The van der Waals surface area contributed by atoms with Crippen molar-refractivity contribution in [2.24, 2.45) is 0 Å². The van der Waals surface area contributed by atoms with Crippen molar-refractivity contribution >= 4 is 5.97 Å². The molecule has 4 rings (SSSR count). The van der Waals surface area contributed by atoms with Crippen LogP contribution in [-0.2, 0) is 33.7 Å². The third-order valence-electron chi connectivity index (χ3n) is 6.51. The van der Waals surface area contributed by atoms with Gasteiger partial charge in [0.2, 0.25) is 0 Å². The van der Waals surface area contributed by atoms with Crippen molar-refractivity contribution < 1.29 is 28.5 Å². The summed E-state index contributed by atoms with van der Waals surface area (Å²) in [6.45, 7) is 4.82. The third kappa shape index (κ3) is 6.00. The summed E-state index contributed by atoms with van der Waals surface area (Å²) < 4.78 is 28.5. The first-order valence-electron chi connectivity index (χ1n) is 12.3. The first-order chi connectivity index (χ1) is 17.5. The van der Waals surface area contributed by atoms with Gasteiger partial charge in [0.05, 0.1) is 46.6 Å². The SMILES string of the molecule is CCOC(=O)CCOc1ccc(-c2cc(OC)c(C)c(OC)c2)c(COC2Cc3ccccc3C2)c1. The van der Waals surface area contributed by atoms with E-state index < -0.39 is 0 Å². The Morgan fingerprint density at radius 2 is 1.61 bits per heavy atom. The molecule has 0 amide bonds. The topological polar surface area (TPSA) is 63.2 Å². The number of rotatable bonds is 11. The lowest BCUT2D eigenvalue weighted by Gasteiger charge is -2.18. The molecule has 1 aliphatic carbocycles. The minimum atomic E-state index is -0.266. The summed E-state index contributed by atoms with van der Waals surface area (Å²) in [5.41, 5.74) is 6.64. The fourth-order valence-corrected chi connectivity index (χ4v) is 4.63. The van der Waals surface area contributed by atoms with Crippen molar-refractivity contribution in [3.63, 3.8) is 0 Å². The van der Waals surface area contributed by atoms with Gasteiger partial charge < -0.3 is 23.7 Å². The molecule has 6 heteroatoms. The van der Waals surface area contributed by atoms with E-state index in [-0.39, 0.29) is 25.1 Å². The maximum Gasteiger partial charge on any atom is 0.309 e. The van der Waals surface area contributed by atoms with E-state index in [4.69, 9.17) is 23.7 Å². The molecule has 0 aliphatic heterocycles. The van der Waals surface area contributed by atoms with E-state index in [9.17, 15) is 4.79 Å². The lowest BCUT2D eigenvalue weighted by Crippen LogP contribution is -2.13. The molecule has 1 aliphatic rings. The van der Waals surface area contributed by atoms with Crippen LogP contribution in [0.3, 0.4) is 0 Å². The van der Waals surface area contributed by atoms with Gasteiger partial charge in [-0.15, -0.1) is 0 Å². The molecule has 0 fully saturated rings. The van der Waals surface area contributed by atoms with E-state index in [1.807, 2.05) is 37.3 Å². The zero-order valence-corrected chi connectivity index (χ0v) is 21.5. The van der Waals surface area contributed by atoms with Crippen LogP contribution in [0.15, 0.2) is 54.6 Å². The number of methoxy groups -OCH3 is 2. The first-order valence-corrected chi connectivity index (χ1v) is 12.3. The van der Waals surface area contributed by atoms with Gasteiger partial charge in [-0.2, -0.15) is 0 Å². The van der Waals surface area contributed by atoms with Crippen molar-refractivity contribution in [2.75, 3.05) is 27.4 Å². The average molecular weight is 491 g/mol. The highest BCUT2D eigenvalue weighted by Gasteiger charge is 2.22. The average Bonchev–Trinajstić information content (AvgIpc) is 3.31. The number of benzene rings is 3. The van der Waals surface area contributed by atoms with Gasteiger partial charge in [0.15, 0.2) is 0 Å². The summed E-state index contributed by atoms with van der Waals surface area (Å²) in [4.78, 5) is 11.7. The quantitative estimate of drug-likeness (QED) is 0.322. The van der Waals surface area contributed by atoms with E-state index in [0.29, 0.717) is 19.0 Å². The van der Waals surface area contributed by atoms with Crippen LogP contribution >= 0.6 is 0 Å². The first kappa shape index (κ1) is 25.6. The molecule has 3 aromatic rings. The highest BCUT2D eigenvalue weighted by atomic mass is 16.5. The summed E-state index contributed by atoms with van der Waals surface area (Å²) in [5.74, 6) is 1.94. The predicted octanol–water partition coefficient (Wildman–Crippen LogP) is 5.70. The number of carbonyl (C=O) groups excluding carboxylic acids is 1. The summed E-state index contributed by atoms with van der Waals surface area (Å²) in [7, 11) is 3.32. The molecule has 3 aromatic carbocycles. The summed E-state index contributed by atoms with van der Waals surface area (Å²) in [6, 6.07) is 18.5. The number of hydrogen-bond donors (Lipinski definition) is 0. The number of hydrogen-bond acceptors (Lipinski definition) is 6. The van der Waals surface area contributed by atoms with Gasteiger partial charge in [-0.25, -0.2) is 0 Å². The lowest BCUT2D eigenvalue weighted by atomic mass is 9.97. The van der Waals surface area contributed by atoms with Crippen LogP contribution < -0.4 is 14.2 Å². The van der Waals surface area contributed by atoms with Crippen molar-refractivity contribution in [2.45, 2.75) is 45.8 Å². The fraction of sp³-hybridized carbons (Fsp3) is 0.367. The fourth-order valence-electron chi connectivity index (χ4n) is 4.63. The van der Waals surface area contributed by atoms with Gasteiger partial charge in [-0.05, 0) is 78.8 Å². The second kappa shape index (κ2) is 12.0. The number of fused-ring (bicyclic) bond motifs is 1. The zero-order chi connectivity index (χ0) is 25.5. The van der Waals surface area contributed by atoms with Gasteiger partial charge in [0.25, 0.3) is 0 Å². The smallest absolute Gasteiger partial charge is 0.309 e. The lowest BCUT2D eigenvalue weighted by molar-refractivity contribution is -0.143. The van der Waals surface area contributed by atoms with Crippen molar-refractivity contribution in [3.05, 3.63) is 76.9 Å². The highest BCUT2D eigenvalue weighted by molar-refractivity contribution is 5.73. The molecule has 0 aromatic heterocycles. The monoisotopic (exact) mass is 490 g/mol. The molecule has 36 heavy (non-hydrogen) atoms. The maximum atomic E-state index is 11.7. The van der Waals surface area contributed by atoms with Gasteiger partial charge in [0, 0.05) is 5.56 Å². The van der Waals surface area contributed by atoms with Crippen LogP contribution in [0.2, 0.25) is 0 Å². The Hall–Kier alpha value is -3.51. The highest BCUT2D eigenvalue weighted by Crippen LogP contribution is 2.37. The normalized spacial score (nSPS) is 12.8. The van der Waals surface area contributed by atoms with Crippen LogP contribution in [-0.4, -0.2) is 39.5 Å². The Labute approximate surface area is 213 Å². The minimum absolute atomic E-state index is 0.130. The number of esters is 1. The largest absolute Gasteiger partial charge is 0.496 e. The van der Waals surface area contributed by atoms with Gasteiger partial charge in [-0.3, -0.25) is 4.79 Å². The van der Waals surface area contributed by atoms with Crippen LogP contribution in [0.1, 0.15) is 35.6 Å². The Kier molecular flexibility index (Phi) is 8.49. The Bertz CT molecular complexity index is 1150. The van der Waals surface area contributed by atoms with E-state index in [1.165, 1.54) is 11.1 Å². The number of ether oxygens (including phenoxy) is 5. The molecule has 0 atom stereocenters. The molecule has 0 N–H and O–H groups in total. The molecule has 0 radical (unpaired) electrons. The minimum Gasteiger partial charge on any atom is -0.496 e. The molecule has 6 nitrogen and oxygen atoms in total.